The molecule has 3 nitrogen and oxygen atoms in total. The van der Waals surface area contributed by atoms with Crippen molar-refractivity contribution in [2.75, 3.05) is 0 Å². The maximum atomic E-state index is 12.2. The van der Waals surface area contributed by atoms with Crippen LogP contribution in [0.15, 0.2) is 54.6 Å². The molecule has 0 aromatic heterocycles. The number of rotatable bonds is 4. The molecule has 106 valence electrons. The van der Waals surface area contributed by atoms with Gasteiger partial charge in [0.05, 0.1) is 5.56 Å². The molecule has 0 atom stereocenters. The number of ketones is 1. The maximum Gasteiger partial charge on any atom is 0.308 e. The summed E-state index contributed by atoms with van der Waals surface area (Å²) in [7, 11) is 0. The van der Waals surface area contributed by atoms with Gasteiger partial charge < -0.3 is 4.74 Å². The quantitative estimate of drug-likeness (QED) is 0.368. The Morgan fingerprint density at radius 1 is 1.10 bits per heavy atom. The molecule has 2 aromatic rings. The van der Waals surface area contributed by atoms with E-state index < -0.39 is 5.97 Å². The highest BCUT2D eigenvalue weighted by Crippen LogP contribution is 2.24. The number of allylic oxidation sites excluding steroid dienone is 1. The number of hydrogen-bond acceptors (Lipinski definition) is 3. The van der Waals surface area contributed by atoms with Crippen molar-refractivity contribution >= 4 is 29.4 Å². The summed E-state index contributed by atoms with van der Waals surface area (Å²) in [6.07, 6.45) is 3.14. The molecule has 0 fully saturated rings. The number of esters is 1. The first-order valence-electron chi connectivity index (χ1n) is 6.31. The second-order valence-electron chi connectivity index (χ2n) is 4.34. The smallest absolute Gasteiger partial charge is 0.308 e. The lowest BCUT2D eigenvalue weighted by Gasteiger charge is -2.06. The Morgan fingerprint density at radius 2 is 1.81 bits per heavy atom. The van der Waals surface area contributed by atoms with Crippen LogP contribution in [0.25, 0.3) is 6.08 Å². The Bertz CT molecular complexity index is 690. The van der Waals surface area contributed by atoms with Crippen LogP contribution in [0.3, 0.4) is 0 Å². The van der Waals surface area contributed by atoms with Gasteiger partial charge in [0.25, 0.3) is 0 Å². The molecular formula is C17H13ClO3. The van der Waals surface area contributed by atoms with Crippen molar-refractivity contribution in [1.82, 2.24) is 0 Å². The third-order valence-electron chi connectivity index (χ3n) is 2.69. The number of carbonyl (C=O) groups is 2. The molecule has 0 radical (unpaired) electrons. The van der Waals surface area contributed by atoms with Crippen molar-refractivity contribution < 1.29 is 14.3 Å². The summed E-state index contributed by atoms with van der Waals surface area (Å²) in [6.45, 7) is 1.27. The third kappa shape index (κ3) is 4.29. The first kappa shape index (κ1) is 15.0. The van der Waals surface area contributed by atoms with Gasteiger partial charge in [-0.2, -0.15) is 0 Å². The summed E-state index contributed by atoms with van der Waals surface area (Å²) in [5.74, 6) is -0.595. The molecular weight excluding hydrogens is 288 g/mol. The molecule has 4 heteroatoms. The van der Waals surface area contributed by atoms with Gasteiger partial charge in [0.1, 0.15) is 5.75 Å². The van der Waals surface area contributed by atoms with Crippen molar-refractivity contribution in [3.8, 4) is 5.75 Å². The van der Waals surface area contributed by atoms with Crippen molar-refractivity contribution in [3.63, 3.8) is 0 Å². The SMILES string of the molecule is CC(=O)Oc1cc(Cl)ccc1C(=O)C=Cc1ccccc1. The highest BCUT2D eigenvalue weighted by Gasteiger charge is 2.12. The highest BCUT2D eigenvalue weighted by molar-refractivity contribution is 6.31. The Balaban J connectivity index is 2.26. The minimum Gasteiger partial charge on any atom is -0.426 e. The van der Waals surface area contributed by atoms with E-state index >= 15 is 0 Å². The molecule has 21 heavy (non-hydrogen) atoms. The summed E-state index contributed by atoms with van der Waals surface area (Å²) in [5, 5.41) is 0.398. The Morgan fingerprint density at radius 3 is 2.48 bits per heavy atom. The standard InChI is InChI=1S/C17H13ClO3/c1-12(19)21-17-11-14(18)8-9-15(17)16(20)10-7-13-5-3-2-4-6-13/h2-11H,1H3. The average Bonchev–Trinajstić information content (AvgIpc) is 2.45. The normalized spacial score (nSPS) is 10.6. The fourth-order valence-corrected chi connectivity index (χ4v) is 1.93. The molecule has 0 saturated heterocycles. The second-order valence-corrected chi connectivity index (χ2v) is 4.78. The minimum absolute atomic E-state index is 0.165. The van der Waals surface area contributed by atoms with Gasteiger partial charge in [-0.05, 0) is 23.8 Å². The van der Waals surface area contributed by atoms with E-state index in [4.69, 9.17) is 16.3 Å². The number of carbonyl (C=O) groups excluding carboxylic acids is 2. The summed E-state index contributed by atoms with van der Waals surface area (Å²) >= 11 is 5.86. The Hall–Kier alpha value is -2.39. The molecule has 0 amide bonds. The second kappa shape index (κ2) is 6.86. The van der Waals surface area contributed by atoms with Gasteiger partial charge >= 0.3 is 5.97 Å². The number of hydrogen-bond donors (Lipinski definition) is 0. The topological polar surface area (TPSA) is 43.4 Å². The molecule has 0 aliphatic carbocycles. The highest BCUT2D eigenvalue weighted by atomic mass is 35.5. The zero-order valence-corrected chi connectivity index (χ0v) is 12.1. The van der Waals surface area contributed by atoms with Gasteiger partial charge in [-0.3, -0.25) is 9.59 Å². The molecule has 0 aliphatic rings. The van der Waals surface area contributed by atoms with Crippen LogP contribution in [0.2, 0.25) is 5.02 Å². The molecule has 0 heterocycles. The van der Waals surface area contributed by atoms with E-state index in [1.54, 1.807) is 12.1 Å². The van der Waals surface area contributed by atoms with E-state index in [0.29, 0.717) is 10.6 Å². The predicted molar refractivity (Wildman–Crippen MR) is 82.6 cm³/mol. The molecule has 0 saturated carbocycles. The largest absolute Gasteiger partial charge is 0.426 e. The van der Waals surface area contributed by atoms with Crippen LogP contribution in [-0.2, 0) is 4.79 Å². The molecule has 0 bridgehead atoms. The van der Waals surface area contributed by atoms with E-state index in [0.717, 1.165) is 5.56 Å². The van der Waals surface area contributed by atoms with Crippen molar-refractivity contribution in [2.45, 2.75) is 6.92 Å². The summed E-state index contributed by atoms with van der Waals surface area (Å²) in [4.78, 5) is 23.3. The summed E-state index contributed by atoms with van der Waals surface area (Å²) in [5.41, 5.74) is 1.20. The lowest BCUT2D eigenvalue weighted by atomic mass is 10.1. The van der Waals surface area contributed by atoms with Crippen LogP contribution in [0.5, 0.6) is 5.75 Å². The van der Waals surface area contributed by atoms with Crippen molar-refractivity contribution in [3.05, 3.63) is 70.8 Å². The minimum atomic E-state index is -0.502. The molecule has 0 N–H and O–H groups in total. The van der Waals surface area contributed by atoms with Crippen LogP contribution in [0.1, 0.15) is 22.8 Å². The molecule has 2 rings (SSSR count). The van der Waals surface area contributed by atoms with Crippen LogP contribution < -0.4 is 4.74 Å². The predicted octanol–water partition coefficient (Wildman–Crippen LogP) is 4.16. The molecule has 0 aliphatic heterocycles. The van der Waals surface area contributed by atoms with Gasteiger partial charge in [-0.15, -0.1) is 0 Å². The van der Waals surface area contributed by atoms with E-state index in [9.17, 15) is 9.59 Å². The first-order chi connectivity index (χ1) is 10.1. The Kier molecular flexibility index (Phi) is 4.90. The van der Waals surface area contributed by atoms with Crippen molar-refractivity contribution in [1.29, 1.82) is 0 Å². The first-order valence-corrected chi connectivity index (χ1v) is 6.69. The van der Waals surface area contributed by atoms with Crippen LogP contribution in [0, 0.1) is 0 Å². The van der Waals surface area contributed by atoms with E-state index in [1.807, 2.05) is 30.3 Å². The van der Waals surface area contributed by atoms with Gasteiger partial charge in [0.15, 0.2) is 5.78 Å². The fourth-order valence-electron chi connectivity index (χ4n) is 1.76. The van der Waals surface area contributed by atoms with Crippen molar-refractivity contribution in [2.24, 2.45) is 0 Å². The molecule has 0 unspecified atom stereocenters. The lowest BCUT2D eigenvalue weighted by molar-refractivity contribution is -0.131. The maximum absolute atomic E-state index is 12.2. The van der Waals surface area contributed by atoms with Gasteiger partial charge in [-0.25, -0.2) is 0 Å². The molecule has 0 spiro atoms. The van der Waals surface area contributed by atoms with E-state index in [2.05, 4.69) is 0 Å². The third-order valence-corrected chi connectivity index (χ3v) is 2.92. The average molecular weight is 301 g/mol. The lowest BCUT2D eigenvalue weighted by Crippen LogP contribution is -2.06. The van der Waals surface area contributed by atoms with Gasteiger partial charge in [0.2, 0.25) is 0 Å². The summed E-state index contributed by atoms with van der Waals surface area (Å²) < 4.78 is 5.02. The zero-order chi connectivity index (χ0) is 15.2. The van der Waals surface area contributed by atoms with Crippen LogP contribution in [0.4, 0.5) is 0 Å². The van der Waals surface area contributed by atoms with E-state index in [-0.39, 0.29) is 11.5 Å². The monoisotopic (exact) mass is 300 g/mol. The Labute approximate surface area is 127 Å². The van der Waals surface area contributed by atoms with Gasteiger partial charge in [-0.1, -0.05) is 48.0 Å². The zero-order valence-electron chi connectivity index (χ0n) is 11.4. The number of ether oxygens (including phenoxy) is 1. The fraction of sp³-hybridized carbons (Fsp3) is 0.0588. The molecule has 2 aromatic carbocycles. The van der Waals surface area contributed by atoms with E-state index in [1.165, 1.54) is 25.1 Å². The van der Waals surface area contributed by atoms with Crippen LogP contribution >= 0.6 is 11.6 Å². The number of benzene rings is 2. The van der Waals surface area contributed by atoms with Crippen LogP contribution in [-0.4, -0.2) is 11.8 Å². The number of halogens is 1. The summed E-state index contributed by atoms with van der Waals surface area (Å²) in [6, 6.07) is 14.0. The van der Waals surface area contributed by atoms with Gasteiger partial charge in [0, 0.05) is 18.0 Å².